The van der Waals surface area contributed by atoms with Gasteiger partial charge in [0.1, 0.15) is 97.7 Å². The van der Waals surface area contributed by atoms with Crippen molar-refractivity contribution < 1.29 is 120 Å². The number of hydrogen-bond acceptors (Lipinski definition) is 24. The predicted octanol–water partition coefficient (Wildman–Crippen LogP) is -2.10. The molecule has 24 heteroatoms. The Bertz CT molecular complexity index is 1990. The fourth-order valence-electron chi connectivity index (χ4n) is 16.2. The summed E-state index contributed by atoms with van der Waals surface area (Å²) in [5.74, 6) is -0.761. The van der Waals surface area contributed by atoms with Crippen LogP contribution in [0.1, 0.15) is 106 Å². The Balaban J connectivity index is 1.02. The van der Waals surface area contributed by atoms with Gasteiger partial charge in [-0.05, 0) is 123 Å². The van der Waals surface area contributed by atoms with Gasteiger partial charge in [0.25, 0.3) is 0 Å². The number of hydrogen-bond donors (Lipinski definition) is 15. The first-order valence-electron chi connectivity index (χ1n) is 27.6. The van der Waals surface area contributed by atoms with Crippen LogP contribution in [0.4, 0.5) is 0 Å². The highest BCUT2D eigenvalue weighted by molar-refractivity contribution is 5.21. The van der Waals surface area contributed by atoms with E-state index in [1.54, 1.807) is 6.92 Å². The van der Waals surface area contributed by atoms with Crippen molar-refractivity contribution in [3.63, 3.8) is 0 Å². The van der Waals surface area contributed by atoms with Crippen LogP contribution in [0, 0.1) is 45.3 Å². The second-order valence-corrected chi connectivity index (χ2v) is 25.4. The molecule has 4 aliphatic carbocycles. The molecule has 8 rings (SSSR count). The van der Waals surface area contributed by atoms with Crippen molar-refractivity contribution in [1.82, 2.24) is 0 Å². The maximum absolute atomic E-state index is 12.9. The highest BCUT2D eigenvalue weighted by Gasteiger charge is 2.72. The lowest BCUT2D eigenvalue weighted by molar-refractivity contribution is -0.378. The van der Waals surface area contributed by atoms with Crippen LogP contribution >= 0.6 is 0 Å². The summed E-state index contributed by atoms with van der Waals surface area (Å²) in [4.78, 5) is 4.85. The van der Waals surface area contributed by atoms with Gasteiger partial charge in [-0.2, -0.15) is 0 Å². The van der Waals surface area contributed by atoms with Gasteiger partial charge in [-0.3, -0.25) is 5.26 Å². The van der Waals surface area contributed by atoms with Gasteiger partial charge in [-0.25, -0.2) is 4.89 Å². The molecule has 0 spiro atoms. The third-order valence-electron chi connectivity index (χ3n) is 20.9. The standard InChI is InChI=1S/C53H90O24/c1-22(2)25(77-68)10-16-53(8,76-47-43(67)39(63)37(61)29(73-47)21-69-45-41(65)36(60)28(20-56)70-45)23-9-14-52(7)33(23)24(57)17-31-50(5)13-12-32(49(3,4)30(50)11-15-51(31,52)6)74-48-44(40(64)35(59)27(19-55)72-48)75-46-42(66)38(62)34(58)26(18-54)71-46/h23-48,54-68H,1,9-21H2,2-8H3/t23-,24+,25?,26+,27+,28-,29+,30-,31+,32-,33-,34+,35+,36-,37+,38-,39-,40-,41+,42+,43+,44+,45+,46-,47-,48-,50-,51+,52+,53-/m0/s1. The van der Waals surface area contributed by atoms with E-state index >= 15 is 0 Å². The Morgan fingerprint density at radius 2 is 1.12 bits per heavy atom. The molecule has 8 aliphatic rings. The summed E-state index contributed by atoms with van der Waals surface area (Å²) in [5, 5.41) is 161. The molecular formula is C53H90O24. The molecule has 0 aromatic carbocycles. The minimum Gasteiger partial charge on any atom is -0.394 e. The molecule has 0 amide bonds. The molecule has 0 bridgehead atoms. The van der Waals surface area contributed by atoms with Crippen molar-refractivity contribution in [2.75, 3.05) is 26.4 Å². The average Bonchev–Trinajstić information content (AvgIpc) is 4.14. The maximum atomic E-state index is 12.9. The van der Waals surface area contributed by atoms with Gasteiger partial charge < -0.3 is 109 Å². The molecule has 4 heterocycles. The van der Waals surface area contributed by atoms with Crippen molar-refractivity contribution in [2.24, 2.45) is 45.3 Å². The molecule has 0 radical (unpaired) electrons. The van der Waals surface area contributed by atoms with Crippen LogP contribution in [0.3, 0.4) is 0 Å². The Morgan fingerprint density at radius 3 is 1.71 bits per heavy atom. The van der Waals surface area contributed by atoms with Crippen LogP contribution in [0.15, 0.2) is 12.2 Å². The third kappa shape index (κ3) is 10.8. The summed E-state index contributed by atoms with van der Waals surface area (Å²) < 4.78 is 48.7. The van der Waals surface area contributed by atoms with Crippen LogP contribution in [0.5, 0.6) is 0 Å². The Labute approximate surface area is 449 Å². The fraction of sp³-hybridized carbons (Fsp3) is 0.962. The van der Waals surface area contributed by atoms with Crippen molar-refractivity contribution in [3.8, 4) is 0 Å². The van der Waals surface area contributed by atoms with E-state index in [1.807, 2.05) is 6.92 Å². The molecule has 446 valence electrons. The van der Waals surface area contributed by atoms with Crippen molar-refractivity contribution in [3.05, 3.63) is 12.2 Å². The Kier molecular flexibility index (Phi) is 18.8. The molecule has 24 nitrogen and oxygen atoms in total. The van der Waals surface area contributed by atoms with Gasteiger partial charge >= 0.3 is 0 Å². The summed E-state index contributed by atoms with van der Waals surface area (Å²) in [6.45, 7) is 16.1. The predicted molar refractivity (Wildman–Crippen MR) is 263 cm³/mol. The molecule has 15 N–H and O–H groups in total. The number of fused-ring (bicyclic) bond motifs is 5. The molecule has 0 aromatic rings. The first-order valence-corrected chi connectivity index (χ1v) is 27.6. The molecule has 30 atom stereocenters. The van der Waals surface area contributed by atoms with Crippen LogP contribution < -0.4 is 0 Å². The number of ether oxygens (including phenoxy) is 8. The lowest BCUT2D eigenvalue weighted by atomic mass is 9.35. The smallest absolute Gasteiger partial charge is 0.187 e. The minimum atomic E-state index is -1.83. The van der Waals surface area contributed by atoms with E-state index in [0.29, 0.717) is 37.7 Å². The summed E-state index contributed by atoms with van der Waals surface area (Å²) >= 11 is 0. The molecule has 4 saturated heterocycles. The average molecular weight is 1110 g/mol. The lowest BCUT2D eigenvalue weighted by Crippen LogP contribution is -2.68. The lowest BCUT2D eigenvalue weighted by Gasteiger charge is -2.71. The van der Waals surface area contributed by atoms with E-state index in [9.17, 15) is 76.7 Å². The highest BCUT2D eigenvalue weighted by Crippen LogP contribution is 2.76. The summed E-state index contributed by atoms with van der Waals surface area (Å²) in [6.07, 6.45) is -27.0. The van der Waals surface area contributed by atoms with Crippen LogP contribution in [0.25, 0.3) is 0 Å². The minimum absolute atomic E-state index is 0.00676. The quantitative estimate of drug-likeness (QED) is 0.0303. The van der Waals surface area contributed by atoms with Crippen LogP contribution in [-0.4, -0.2) is 244 Å². The molecule has 77 heavy (non-hydrogen) atoms. The first-order chi connectivity index (χ1) is 36.1. The third-order valence-corrected chi connectivity index (χ3v) is 20.9. The van der Waals surface area contributed by atoms with E-state index in [4.69, 9.17) is 42.8 Å². The SMILES string of the molecule is C=C(C)C(CC[C@](C)(O[C@@H]1O[C@H](CO[C@@H]2O[C@@H](CO)[C@H](O)[C@H]2O)[C@@H](O)[C@H](O)[C@H]1O)[C@H]1CC[C@]2(C)[C@@H]1[C@H](O)C[C@@H]1[C@@]3(C)CC[C@H](O[C@@H]4O[C@H](CO)[C@@H](O)[C@H](O)[C@H]4O[C@@H]4O[C@H](CO)[C@@H](O)[C@H](O)[C@H]4O)C(C)(C)[C@@H]3CC[C@]12C)OO. The normalized spacial score (nSPS) is 52.0. The van der Waals surface area contributed by atoms with E-state index in [1.165, 1.54) is 0 Å². The Morgan fingerprint density at radius 1 is 0.597 bits per heavy atom. The highest BCUT2D eigenvalue weighted by atomic mass is 17.1. The second-order valence-electron chi connectivity index (χ2n) is 25.4. The number of aliphatic hydroxyl groups is 14. The first kappa shape index (κ1) is 61.8. The van der Waals surface area contributed by atoms with E-state index < -0.39 is 184 Å². The van der Waals surface area contributed by atoms with Gasteiger partial charge in [-0.1, -0.05) is 41.2 Å². The topological polar surface area (TPSA) is 387 Å². The summed E-state index contributed by atoms with van der Waals surface area (Å²) in [7, 11) is 0. The van der Waals surface area contributed by atoms with Gasteiger partial charge in [0, 0.05) is 0 Å². The molecule has 8 fully saturated rings. The van der Waals surface area contributed by atoms with Crippen LogP contribution in [0.2, 0.25) is 0 Å². The molecule has 4 saturated carbocycles. The van der Waals surface area contributed by atoms with Crippen LogP contribution in [-0.2, 0) is 42.8 Å². The van der Waals surface area contributed by atoms with Crippen molar-refractivity contribution >= 4 is 0 Å². The largest absolute Gasteiger partial charge is 0.394 e. The summed E-state index contributed by atoms with van der Waals surface area (Å²) in [6, 6.07) is 0. The maximum Gasteiger partial charge on any atom is 0.187 e. The van der Waals surface area contributed by atoms with Gasteiger partial charge in [0.05, 0.1) is 44.2 Å². The van der Waals surface area contributed by atoms with E-state index in [0.717, 1.165) is 12.8 Å². The fourth-order valence-corrected chi connectivity index (χ4v) is 16.2. The molecule has 4 aliphatic heterocycles. The number of aliphatic hydroxyl groups excluding tert-OH is 14. The van der Waals surface area contributed by atoms with E-state index in [2.05, 4.69) is 41.2 Å². The zero-order valence-corrected chi connectivity index (χ0v) is 45.3. The van der Waals surface area contributed by atoms with Gasteiger partial charge in [-0.15, -0.1) is 0 Å². The molecule has 0 aromatic heterocycles. The zero-order valence-electron chi connectivity index (χ0n) is 45.3. The zero-order chi connectivity index (χ0) is 56.6. The van der Waals surface area contributed by atoms with Crippen molar-refractivity contribution in [1.29, 1.82) is 0 Å². The van der Waals surface area contributed by atoms with Crippen molar-refractivity contribution in [2.45, 2.75) is 247 Å². The summed E-state index contributed by atoms with van der Waals surface area (Å²) in [5.41, 5.74) is -2.50. The van der Waals surface area contributed by atoms with Gasteiger partial charge in [0.15, 0.2) is 25.2 Å². The Hall–Kier alpha value is -1.22. The monoisotopic (exact) mass is 1110 g/mol. The molecule has 1 unspecified atom stereocenters. The van der Waals surface area contributed by atoms with Gasteiger partial charge in [0.2, 0.25) is 0 Å². The molecular weight excluding hydrogens is 1020 g/mol. The number of rotatable bonds is 18. The van der Waals surface area contributed by atoms with E-state index in [-0.39, 0.29) is 41.4 Å². The second kappa shape index (κ2) is 23.4.